The molecule has 10 heteroatoms. The highest BCUT2D eigenvalue weighted by Crippen LogP contribution is 2.51. The Morgan fingerprint density at radius 1 is 1.12 bits per heavy atom. The molecule has 3 fully saturated rings. The molecule has 2 aliphatic carbocycles. The summed E-state index contributed by atoms with van der Waals surface area (Å²) in [6.45, 7) is 4.61. The lowest BCUT2D eigenvalue weighted by molar-refractivity contribution is -0.136. The minimum Gasteiger partial charge on any atom is -0.353 e. The molecule has 4 heterocycles. The highest BCUT2D eigenvalue weighted by molar-refractivity contribution is 5.84. The Bertz CT molecular complexity index is 1630. The average Bonchev–Trinajstić information content (AvgIpc) is 3.60. The van der Waals surface area contributed by atoms with E-state index in [1.54, 1.807) is 18.5 Å². The quantitative estimate of drug-likeness (QED) is 0.361. The molecule has 4 aromatic rings. The number of aryl methyl sites for hydroxylation is 1. The monoisotopic (exact) mass is 550 g/mol. The van der Waals surface area contributed by atoms with Gasteiger partial charge in [-0.05, 0) is 73.6 Å². The highest BCUT2D eigenvalue weighted by Gasteiger charge is 2.48. The van der Waals surface area contributed by atoms with Crippen molar-refractivity contribution in [2.45, 2.75) is 57.2 Å². The van der Waals surface area contributed by atoms with Crippen molar-refractivity contribution in [1.82, 2.24) is 29.2 Å². The van der Waals surface area contributed by atoms with Crippen molar-refractivity contribution in [3.63, 3.8) is 0 Å². The maximum atomic E-state index is 14.4. The minimum atomic E-state index is -4.61. The second kappa shape index (κ2) is 9.06. The van der Waals surface area contributed by atoms with E-state index in [-0.39, 0.29) is 10.9 Å². The Kier molecular flexibility index (Phi) is 5.79. The molecule has 1 saturated heterocycles. The van der Waals surface area contributed by atoms with E-state index in [9.17, 15) is 18.0 Å². The fourth-order valence-electron chi connectivity index (χ4n) is 7.80. The molecule has 1 aromatic carbocycles. The molecule has 40 heavy (non-hydrogen) atoms. The first-order valence-electron chi connectivity index (χ1n) is 14.1. The Labute approximate surface area is 230 Å². The van der Waals surface area contributed by atoms with Crippen molar-refractivity contribution in [1.29, 1.82) is 0 Å². The standard InChI is InChI=1S/C30H33F3N6O/c1-18-11-29(12-18,28-36-34-17-37(28)2)21-4-3-5-23(9-21)39-16-25(30(31,32)33)24-10-22(35-26(24)27(39)40)15-38-13-19-6-7-20(8-19)14-38/h3-5,9-10,16-20,35H,6-8,11-15H2,1-2H3. The summed E-state index contributed by atoms with van der Waals surface area (Å²) in [5.74, 6) is 2.63. The van der Waals surface area contributed by atoms with Gasteiger partial charge in [0.2, 0.25) is 0 Å². The van der Waals surface area contributed by atoms with Gasteiger partial charge >= 0.3 is 6.18 Å². The van der Waals surface area contributed by atoms with Crippen molar-refractivity contribution >= 4 is 10.9 Å². The summed E-state index contributed by atoms with van der Waals surface area (Å²) >= 11 is 0. The van der Waals surface area contributed by atoms with E-state index in [1.165, 1.54) is 25.3 Å². The second-order valence-electron chi connectivity index (χ2n) is 12.4. The van der Waals surface area contributed by atoms with Crippen LogP contribution in [0.2, 0.25) is 0 Å². The van der Waals surface area contributed by atoms with E-state index in [1.807, 2.05) is 23.7 Å². The average molecular weight is 551 g/mol. The zero-order valence-corrected chi connectivity index (χ0v) is 22.7. The minimum absolute atomic E-state index is 0.00418. The first-order valence-corrected chi connectivity index (χ1v) is 14.1. The van der Waals surface area contributed by atoms with Gasteiger partial charge in [0.05, 0.1) is 11.0 Å². The number of aromatic nitrogens is 5. The van der Waals surface area contributed by atoms with Crippen LogP contribution in [0.15, 0.2) is 47.7 Å². The molecule has 7 nitrogen and oxygen atoms in total. The van der Waals surface area contributed by atoms with Gasteiger partial charge in [-0.1, -0.05) is 19.1 Å². The number of fused-ring (bicyclic) bond motifs is 3. The van der Waals surface area contributed by atoms with Crippen LogP contribution in [0.25, 0.3) is 16.6 Å². The number of hydrogen-bond acceptors (Lipinski definition) is 4. The molecule has 2 unspecified atom stereocenters. The van der Waals surface area contributed by atoms with Gasteiger partial charge in [0.1, 0.15) is 17.7 Å². The Hall–Kier alpha value is -3.40. The summed E-state index contributed by atoms with van der Waals surface area (Å²) < 4.78 is 46.2. The van der Waals surface area contributed by atoms with Crippen molar-refractivity contribution in [2.75, 3.05) is 13.1 Å². The van der Waals surface area contributed by atoms with Crippen LogP contribution in [0.1, 0.15) is 61.7 Å². The normalized spacial score (nSPS) is 26.9. The lowest BCUT2D eigenvalue weighted by Crippen LogP contribution is -2.43. The number of halogens is 3. The number of piperidine rings is 1. The van der Waals surface area contributed by atoms with Crippen LogP contribution < -0.4 is 5.56 Å². The van der Waals surface area contributed by atoms with Crippen molar-refractivity contribution in [3.8, 4) is 5.69 Å². The topological polar surface area (TPSA) is 71.7 Å². The number of H-pyrrole nitrogens is 1. The van der Waals surface area contributed by atoms with Crippen LogP contribution in [-0.2, 0) is 25.2 Å². The molecule has 7 rings (SSSR count). The smallest absolute Gasteiger partial charge is 0.353 e. The second-order valence-corrected chi connectivity index (χ2v) is 12.4. The van der Waals surface area contributed by atoms with Gasteiger partial charge < -0.3 is 9.55 Å². The highest BCUT2D eigenvalue weighted by atomic mass is 19.4. The number of pyridine rings is 1. The number of nitrogens with one attached hydrogen (secondary N) is 1. The van der Waals surface area contributed by atoms with Gasteiger partial charge in [0, 0.05) is 49.6 Å². The van der Waals surface area contributed by atoms with Crippen LogP contribution in [0.4, 0.5) is 13.2 Å². The predicted molar refractivity (Wildman–Crippen MR) is 145 cm³/mol. The number of benzene rings is 1. The number of likely N-dealkylation sites (tertiary alicyclic amines) is 1. The van der Waals surface area contributed by atoms with E-state index in [0.717, 1.165) is 48.1 Å². The molecule has 2 bridgehead atoms. The number of rotatable bonds is 5. The molecule has 210 valence electrons. The van der Waals surface area contributed by atoms with E-state index in [4.69, 9.17) is 0 Å². The SMILES string of the molecule is CC1CC(c2cccc(-n3cc(C(F)(F)F)c4cc(CN5CC6CCC(C6)C5)[nH]c4c3=O)c2)(c2nncn2C)C1. The summed E-state index contributed by atoms with van der Waals surface area (Å²) in [4.78, 5) is 19.1. The molecular formula is C30H33F3N6O. The summed E-state index contributed by atoms with van der Waals surface area (Å²) in [5.41, 5.74) is 0.278. The maximum absolute atomic E-state index is 14.4. The summed E-state index contributed by atoms with van der Waals surface area (Å²) in [7, 11) is 1.90. The molecule has 0 radical (unpaired) electrons. The molecule has 2 saturated carbocycles. The zero-order chi connectivity index (χ0) is 27.8. The van der Waals surface area contributed by atoms with Crippen molar-refractivity contribution in [2.24, 2.45) is 24.8 Å². The van der Waals surface area contributed by atoms with Crippen LogP contribution in [-0.4, -0.2) is 42.3 Å². The van der Waals surface area contributed by atoms with Gasteiger partial charge in [-0.25, -0.2) is 0 Å². The predicted octanol–water partition coefficient (Wildman–Crippen LogP) is 5.41. The molecule has 0 spiro atoms. The van der Waals surface area contributed by atoms with Gasteiger partial charge in [-0.3, -0.25) is 14.3 Å². The third-order valence-electron chi connectivity index (χ3n) is 9.45. The number of aromatic amines is 1. The molecule has 0 amide bonds. The lowest BCUT2D eigenvalue weighted by atomic mass is 9.58. The molecule has 2 atom stereocenters. The van der Waals surface area contributed by atoms with Crippen LogP contribution in [0.3, 0.4) is 0 Å². The molecule has 1 aliphatic heterocycles. The van der Waals surface area contributed by atoms with Gasteiger partial charge in [-0.2, -0.15) is 13.2 Å². The van der Waals surface area contributed by atoms with Crippen LogP contribution >= 0.6 is 0 Å². The first kappa shape index (κ1) is 25.6. The summed E-state index contributed by atoms with van der Waals surface area (Å²) in [6.07, 6.45) is 3.42. The number of nitrogens with zero attached hydrogens (tertiary/aromatic N) is 5. The van der Waals surface area contributed by atoms with E-state index in [2.05, 4.69) is 27.0 Å². The Morgan fingerprint density at radius 3 is 2.52 bits per heavy atom. The van der Waals surface area contributed by atoms with Crippen molar-refractivity contribution < 1.29 is 13.2 Å². The van der Waals surface area contributed by atoms with E-state index < -0.39 is 22.7 Å². The third kappa shape index (κ3) is 4.10. The van der Waals surface area contributed by atoms with E-state index >= 15 is 0 Å². The fraction of sp³-hybridized carbons (Fsp3) is 0.500. The lowest BCUT2D eigenvalue weighted by Gasteiger charge is -2.46. The first-order chi connectivity index (χ1) is 19.1. The van der Waals surface area contributed by atoms with Crippen LogP contribution in [0.5, 0.6) is 0 Å². The molecule has 3 aromatic heterocycles. The fourth-order valence-corrected chi connectivity index (χ4v) is 7.80. The van der Waals surface area contributed by atoms with Gasteiger partial charge in [0.15, 0.2) is 0 Å². The van der Waals surface area contributed by atoms with Crippen LogP contribution in [0, 0.1) is 17.8 Å². The number of hydrogen-bond donors (Lipinski definition) is 1. The van der Waals surface area contributed by atoms with Crippen molar-refractivity contribution in [3.05, 3.63) is 75.9 Å². The van der Waals surface area contributed by atoms with Gasteiger partial charge in [-0.15, -0.1) is 10.2 Å². The molecule has 1 N–H and O–H groups in total. The Balaban J connectivity index is 1.31. The molecular weight excluding hydrogens is 517 g/mol. The zero-order valence-electron chi connectivity index (χ0n) is 22.7. The summed E-state index contributed by atoms with van der Waals surface area (Å²) in [5, 5.41) is 8.38. The molecule has 3 aliphatic rings. The van der Waals surface area contributed by atoms with Gasteiger partial charge in [0.25, 0.3) is 5.56 Å². The number of alkyl halides is 3. The maximum Gasteiger partial charge on any atom is 0.418 e. The third-order valence-corrected chi connectivity index (χ3v) is 9.45. The Morgan fingerprint density at radius 2 is 1.88 bits per heavy atom. The largest absolute Gasteiger partial charge is 0.418 e. The summed E-state index contributed by atoms with van der Waals surface area (Å²) in [6, 6.07) is 8.82. The van der Waals surface area contributed by atoms with E-state index in [0.29, 0.717) is 35.7 Å².